The molecule has 3 nitrogen and oxygen atoms in total. The van der Waals surface area contributed by atoms with Crippen LogP contribution in [0.1, 0.15) is 45.4 Å². The number of oxime groups is 1. The largest absolute Gasteiger partial charge is 0.411 e. The number of ether oxygens (including phenoxy) is 1. The van der Waals surface area contributed by atoms with E-state index in [1.807, 2.05) is 0 Å². The predicted octanol–water partition coefficient (Wildman–Crippen LogP) is 4.74. The first-order chi connectivity index (χ1) is 12.7. The molecular weight excluding hydrogens is 322 g/mol. The SMILES string of the molecule is CC[C@]12CCC3C(C=CC4=C/C(=N/O)CC[C@@H]43)C1C1CC1[C@@]21C=CCO1. The molecule has 5 aliphatic carbocycles. The highest BCUT2D eigenvalue weighted by Gasteiger charge is 2.77. The minimum absolute atomic E-state index is 0.0509. The van der Waals surface area contributed by atoms with E-state index >= 15 is 0 Å². The van der Waals surface area contributed by atoms with E-state index in [1.165, 1.54) is 31.3 Å². The monoisotopic (exact) mass is 351 g/mol. The van der Waals surface area contributed by atoms with Crippen LogP contribution in [0.15, 0.2) is 41.1 Å². The first-order valence-electron chi connectivity index (χ1n) is 10.7. The fourth-order valence-corrected chi connectivity index (χ4v) is 8.24. The number of rotatable bonds is 1. The van der Waals surface area contributed by atoms with E-state index in [4.69, 9.17) is 9.94 Å². The van der Waals surface area contributed by atoms with Crippen molar-refractivity contribution in [2.75, 3.05) is 6.61 Å². The summed E-state index contributed by atoms with van der Waals surface area (Å²) in [5, 5.41) is 12.6. The summed E-state index contributed by atoms with van der Waals surface area (Å²) in [5.41, 5.74) is 2.66. The summed E-state index contributed by atoms with van der Waals surface area (Å²) in [4.78, 5) is 0. The van der Waals surface area contributed by atoms with E-state index in [1.54, 1.807) is 0 Å². The van der Waals surface area contributed by atoms with Gasteiger partial charge in [-0.1, -0.05) is 36.4 Å². The molecule has 8 atom stereocenters. The second kappa shape index (κ2) is 5.13. The van der Waals surface area contributed by atoms with Crippen molar-refractivity contribution >= 4 is 5.71 Å². The Labute approximate surface area is 155 Å². The first kappa shape index (κ1) is 15.7. The zero-order chi connectivity index (χ0) is 17.5. The van der Waals surface area contributed by atoms with Gasteiger partial charge in [-0.15, -0.1) is 0 Å². The van der Waals surface area contributed by atoms with Crippen molar-refractivity contribution in [3.05, 3.63) is 36.0 Å². The fraction of sp³-hybridized carbons (Fsp3) is 0.696. The van der Waals surface area contributed by atoms with E-state index in [0.29, 0.717) is 17.3 Å². The Morgan fingerprint density at radius 3 is 3.00 bits per heavy atom. The third-order valence-electron chi connectivity index (χ3n) is 9.14. The van der Waals surface area contributed by atoms with Crippen molar-refractivity contribution in [1.82, 2.24) is 0 Å². The topological polar surface area (TPSA) is 41.8 Å². The van der Waals surface area contributed by atoms with Gasteiger partial charge < -0.3 is 9.94 Å². The lowest BCUT2D eigenvalue weighted by Crippen LogP contribution is -2.55. The molecule has 0 radical (unpaired) electrons. The quantitative estimate of drug-likeness (QED) is 0.421. The molecule has 3 saturated carbocycles. The maximum atomic E-state index is 9.16. The molecule has 0 aromatic carbocycles. The van der Waals surface area contributed by atoms with Gasteiger partial charge in [0.15, 0.2) is 0 Å². The number of allylic oxidation sites excluding steroid dienone is 4. The molecule has 6 rings (SSSR count). The van der Waals surface area contributed by atoms with Gasteiger partial charge in [-0.25, -0.2) is 0 Å². The van der Waals surface area contributed by atoms with Crippen LogP contribution < -0.4 is 0 Å². The normalized spacial score (nSPS) is 54.7. The van der Waals surface area contributed by atoms with E-state index < -0.39 is 0 Å². The third-order valence-corrected chi connectivity index (χ3v) is 9.14. The minimum Gasteiger partial charge on any atom is -0.411 e. The zero-order valence-electron chi connectivity index (χ0n) is 15.6. The van der Waals surface area contributed by atoms with Crippen LogP contribution in [-0.2, 0) is 4.74 Å². The van der Waals surface area contributed by atoms with Gasteiger partial charge in [0, 0.05) is 5.41 Å². The molecule has 3 heteroatoms. The van der Waals surface area contributed by atoms with Gasteiger partial charge in [0.05, 0.1) is 17.9 Å². The Balaban J connectivity index is 1.42. The first-order valence-corrected chi connectivity index (χ1v) is 10.7. The van der Waals surface area contributed by atoms with Gasteiger partial charge in [-0.2, -0.15) is 0 Å². The van der Waals surface area contributed by atoms with Crippen LogP contribution in [0.5, 0.6) is 0 Å². The highest BCUT2D eigenvalue weighted by molar-refractivity contribution is 5.96. The van der Waals surface area contributed by atoms with Gasteiger partial charge in [0.25, 0.3) is 0 Å². The van der Waals surface area contributed by atoms with E-state index in [-0.39, 0.29) is 5.60 Å². The van der Waals surface area contributed by atoms with Crippen molar-refractivity contribution in [1.29, 1.82) is 0 Å². The van der Waals surface area contributed by atoms with Crippen molar-refractivity contribution < 1.29 is 9.94 Å². The fourth-order valence-electron chi connectivity index (χ4n) is 8.24. The summed E-state index contributed by atoms with van der Waals surface area (Å²) in [7, 11) is 0. The Hall–Kier alpha value is -1.35. The van der Waals surface area contributed by atoms with E-state index in [9.17, 15) is 0 Å². The summed E-state index contributed by atoms with van der Waals surface area (Å²) in [5.74, 6) is 4.60. The molecule has 0 aromatic rings. The smallest absolute Gasteiger partial charge is 0.0957 e. The molecule has 0 saturated heterocycles. The number of fused-ring (bicyclic) bond motifs is 9. The summed E-state index contributed by atoms with van der Waals surface area (Å²) >= 11 is 0. The lowest BCUT2D eigenvalue weighted by Gasteiger charge is -2.57. The highest BCUT2D eigenvalue weighted by Crippen LogP contribution is 2.78. The minimum atomic E-state index is 0.0509. The van der Waals surface area contributed by atoms with Gasteiger partial charge >= 0.3 is 0 Å². The molecule has 5 unspecified atom stereocenters. The Morgan fingerprint density at radius 2 is 2.23 bits per heavy atom. The Morgan fingerprint density at radius 1 is 1.31 bits per heavy atom. The third kappa shape index (κ3) is 1.67. The molecule has 0 aromatic heterocycles. The van der Waals surface area contributed by atoms with Crippen LogP contribution in [0.2, 0.25) is 0 Å². The lowest BCUT2D eigenvalue weighted by atomic mass is 9.49. The average molecular weight is 351 g/mol. The molecule has 1 heterocycles. The number of hydrogen-bond donors (Lipinski definition) is 1. The molecule has 26 heavy (non-hydrogen) atoms. The second-order valence-electron chi connectivity index (χ2n) is 9.57. The molecule has 0 bridgehead atoms. The number of nitrogens with zero attached hydrogens (tertiary/aromatic N) is 1. The van der Waals surface area contributed by atoms with Gasteiger partial charge in [0.2, 0.25) is 0 Å². The van der Waals surface area contributed by atoms with Crippen LogP contribution in [0.4, 0.5) is 0 Å². The zero-order valence-corrected chi connectivity index (χ0v) is 15.6. The van der Waals surface area contributed by atoms with E-state index in [2.05, 4.69) is 42.5 Å². The second-order valence-corrected chi connectivity index (χ2v) is 9.57. The Bertz CT molecular complexity index is 764. The standard InChI is InChI=1S/C23H29NO2/c1-2-22-10-8-17-16-7-5-15(24-25)12-14(16)4-6-18(17)21(22)19-13-20(19)23(22)9-3-11-26-23/h3-4,6,9,12,16-21,25H,2,5,7-8,10-11,13H2,1H3/b24-15+/t16-,17?,18?,19?,20?,21?,22-,23-/m0/s1. The molecule has 1 N–H and O–H groups in total. The molecular formula is C23H29NO2. The van der Waals surface area contributed by atoms with Crippen molar-refractivity contribution in [2.45, 2.75) is 51.0 Å². The van der Waals surface area contributed by atoms with Crippen LogP contribution in [0, 0.1) is 40.9 Å². The molecule has 138 valence electrons. The molecule has 6 aliphatic rings. The Kier molecular flexibility index (Phi) is 3.09. The molecule has 1 aliphatic heterocycles. The maximum absolute atomic E-state index is 9.16. The van der Waals surface area contributed by atoms with E-state index in [0.717, 1.165) is 48.8 Å². The number of hydrogen-bond acceptors (Lipinski definition) is 3. The van der Waals surface area contributed by atoms with Crippen LogP contribution in [0.25, 0.3) is 0 Å². The average Bonchev–Trinajstić information content (AvgIpc) is 3.26. The molecule has 3 fully saturated rings. The van der Waals surface area contributed by atoms with Gasteiger partial charge in [-0.05, 0) is 85.7 Å². The van der Waals surface area contributed by atoms with Crippen molar-refractivity contribution in [3.8, 4) is 0 Å². The predicted molar refractivity (Wildman–Crippen MR) is 101 cm³/mol. The van der Waals surface area contributed by atoms with Crippen molar-refractivity contribution in [3.63, 3.8) is 0 Å². The van der Waals surface area contributed by atoms with Crippen LogP contribution in [0.3, 0.4) is 0 Å². The summed E-state index contributed by atoms with van der Waals surface area (Å²) in [6, 6.07) is 0. The van der Waals surface area contributed by atoms with Crippen LogP contribution in [-0.4, -0.2) is 23.1 Å². The molecule has 0 amide bonds. The van der Waals surface area contributed by atoms with Crippen LogP contribution >= 0.6 is 0 Å². The summed E-state index contributed by atoms with van der Waals surface area (Å²) < 4.78 is 6.54. The van der Waals surface area contributed by atoms with Crippen molar-refractivity contribution in [2.24, 2.45) is 46.1 Å². The summed E-state index contributed by atoms with van der Waals surface area (Å²) in [6.45, 7) is 3.23. The summed E-state index contributed by atoms with van der Waals surface area (Å²) in [6.07, 6.45) is 19.2. The van der Waals surface area contributed by atoms with Gasteiger partial charge in [0.1, 0.15) is 0 Å². The highest BCUT2D eigenvalue weighted by atomic mass is 16.5. The lowest BCUT2D eigenvalue weighted by molar-refractivity contribution is -0.132. The maximum Gasteiger partial charge on any atom is 0.0957 e. The molecule has 1 spiro atoms. The van der Waals surface area contributed by atoms with Gasteiger partial charge in [-0.3, -0.25) is 0 Å².